The van der Waals surface area contributed by atoms with Crippen molar-refractivity contribution in [2.75, 3.05) is 22.7 Å². The van der Waals surface area contributed by atoms with E-state index in [1.54, 1.807) is 17.0 Å². The van der Waals surface area contributed by atoms with Gasteiger partial charge in [-0.15, -0.1) is 0 Å². The third-order valence-corrected chi connectivity index (χ3v) is 8.78. The lowest BCUT2D eigenvalue weighted by Gasteiger charge is -2.24. The number of sulfonamides is 1. The zero-order chi connectivity index (χ0) is 30.5. The molecule has 4 aromatic rings. The van der Waals surface area contributed by atoms with Crippen molar-refractivity contribution in [3.8, 4) is 17.1 Å². The average molecular weight is 613 g/mol. The zero-order valence-electron chi connectivity index (χ0n) is 23.0. The summed E-state index contributed by atoms with van der Waals surface area (Å²) in [4.78, 5) is 14.5. The Labute approximate surface area is 245 Å². The second-order valence-corrected chi connectivity index (χ2v) is 12.2. The number of aryl methyl sites for hydroxylation is 2. The second-order valence-electron chi connectivity index (χ2n) is 10.5. The van der Waals surface area contributed by atoms with Crippen LogP contribution in [0, 0.1) is 13.8 Å². The van der Waals surface area contributed by atoms with E-state index in [-0.39, 0.29) is 35.4 Å². The van der Waals surface area contributed by atoms with Gasteiger partial charge in [0.05, 0.1) is 28.7 Å². The molecule has 4 bridgehead atoms. The van der Waals surface area contributed by atoms with Crippen molar-refractivity contribution >= 4 is 21.8 Å². The van der Waals surface area contributed by atoms with E-state index in [2.05, 4.69) is 25.0 Å². The number of aliphatic hydroxyl groups is 1. The molecule has 4 heterocycles. The van der Waals surface area contributed by atoms with Gasteiger partial charge in [0.15, 0.2) is 0 Å². The van der Waals surface area contributed by atoms with Gasteiger partial charge in [-0.25, -0.2) is 23.1 Å². The SMILES string of the molecule is Cc1cccc(C)c1-c1cc2nc(n1)NS(=O)(=O)c1cccc(c1)C(O)N[C@@H]1CN(c3ccc(C(F)(F)F)cn3)C[C@H]1O2. The first-order chi connectivity index (χ1) is 20.4. The molecule has 1 saturated heterocycles. The molecule has 0 aliphatic carbocycles. The fraction of sp³-hybridized carbons (Fsp3) is 0.276. The van der Waals surface area contributed by atoms with Gasteiger partial charge in [-0.3, -0.25) is 5.32 Å². The number of hydrogen-bond donors (Lipinski definition) is 3. The summed E-state index contributed by atoms with van der Waals surface area (Å²) in [5, 5.41) is 14.1. The fourth-order valence-electron chi connectivity index (χ4n) is 5.34. The van der Waals surface area contributed by atoms with Crippen molar-refractivity contribution in [3.63, 3.8) is 0 Å². The lowest BCUT2D eigenvalue weighted by Crippen LogP contribution is -2.44. The summed E-state index contributed by atoms with van der Waals surface area (Å²) < 4.78 is 74.8. The Hall–Kier alpha value is -4.27. The molecular formula is C29H27F3N6O4S. The van der Waals surface area contributed by atoms with E-state index in [1.165, 1.54) is 24.3 Å². The molecule has 224 valence electrons. The van der Waals surface area contributed by atoms with E-state index in [4.69, 9.17) is 4.74 Å². The number of alkyl halides is 3. The summed E-state index contributed by atoms with van der Waals surface area (Å²) in [5.74, 6) is 0.171. The Morgan fingerprint density at radius 1 is 1.00 bits per heavy atom. The van der Waals surface area contributed by atoms with Crippen LogP contribution in [0.5, 0.6) is 5.88 Å². The summed E-state index contributed by atoms with van der Waals surface area (Å²) in [7, 11) is -4.14. The number of nitrogens with zero attached hydrogens (tertiary/aromatic N) is 4. The van der Waals surface area contributed by atoms with Gasteiger partial charge in [0.25, 0.3) is 10.0 Å². The largest absolute Gasteiger partial charge is 0.471 e. The van der Waals surface area contributed by atoms with Crippen LogP contribution in [-0.4, -0.2) is 53.7 Å². The summed E-state index contributed by atoms with van der Waals surface area (Å²) >= 11 is 0. The van der Waals surface area contributed by atoms with E-state index in [0.29, 0.717) is 11.5 Å². The van der Waals surface area contributed by atoms with Crippen LogP contribution in [0.3, 0.4) is 0 Å². The number of aliphatic hydroxyl groups excluding tert-OH is 1. The molecule has 0 amide bonds. The molecule has 3 atom stereocenters. The molecule has 43 heavy (non-hydrogen) atoms. The van der Waals surface area contributed by atoms with Crippen molar-refractivity contribution in [2.24, 2.45) is 0 Å². The van der Waals surface area contributed by atoms with E-state index in [0.717, 1.165) is 29.0 Å². The number of hydrogen-bond acceptors (Lipinski definition) is 9. The summed E-state index contributed by atoms with van der Waals surface area (Å²) in [5.41, 5.74) is 2.46. The summed E-state index contributed by atoms with van der Waals surface area (Å²) in [6, 6.07) is 14.8. The normalized spacial score (nSPS) is 21.4. The molecule has 0 radical (unpaired) electrons. The number of fused-ring (bicyclic) bond motifs is 5. The number of ether oxygens (including phenoxy) is 1. The minimum Gasteiger partial charge on any atom is -0.471 e. The lowest BCUT2D eigenvalue weighted by molar-refractivity contribution is -0.137. The number of aromatic nitrogens is 3. The minimum atomic E-state index is -4.52. The number of pyridine rings is 1. The third-order valence-electron chi connectivity index (χ3n) is 7.46. The van der Waals surface area contributed by atoms with Crippen LogP contribution in [0.2, 0.25) is 0 Å². The van der Waals surface area contributed by atoms with Crippen LogP contribution in [-0.2, 0) is 16.2 Å². The minimum absolute atomic E-state index is 0.0739. The first-order valence-corrected chi connectivity index (χ1v) is 14.8. The number of nitrogens with one attached hydrogen (secondary N) is 2. The van der Waals surface area contributed by atoms with Gasteiger partial charge in [0.2, 0.25) is 11.8 Å². The van der Waals surface area contributed by atoms with E-state index < -0.39 is 40.1 Å². The molecule has 0 saturated carbocycles. The van der Waals surface area contributed by atoms with Gasteiger partial charge in [0, 0.05) is 24.4 Å². The highest BCUT2D eigenvalue weighted by atomic mass is 32.2. The van der Waals surface area contributed by atoms with Gasteiger partial charge < -0.3 is 14.7 Å². The Morgan fingerprint density at radius 2 is 1.74 bits per heavy atom. The predicted octanol–water partition coefficient (Wildman–Crippen LogP) is 4.21. The highest BCUT2D eigenvalue weighted by Gasteiger charge is 2.38. The maximum absolute atomic E-state index is 13.3. The van der Waals surface area contributed by atoms with Crippen LogP contribution in [0.4, 0.5) is 24.9 Å². The second kappa shape index (κ2) is 10.8. The van der Waals surface area contributed by atoms with Crippen LogP contribution in [0.15, 0.2) is 71.8 Å². The van der Waals surface area contributed by atoms with Gasteiger partial charge >= 0.3 is 6.18 Å². The number of rotatable bonds is 2. The van der Waals surface area contributed by atoms with Crippen LogP contribution in [0.1, 0.15) is 28.5 Å². The Kier molecular flexibility index (Phi) is 7.22. The summed E-state index contributed by atoms with van der Waals surface area (Å²) in [6.45, 7) is 4.23. The first kappa shape index (κ1) is 28.8. The molecule has 6 rings (SSSR count). The molecule has 2 aliphatic rings. The van der Waals surface area contributed by atoms with E-state index >= 15 is 0 Å². The average Bonchev–Trinajstić information content (AvgIpc) is 3.33. The van der Waals surface area contributed by atoms with Gasteiger partial charge in [-0.2, -0.15) is 18.2 Å². The molecular weight excluding hydrogens is 585 g/mol. The monoisotopic (exact) mass is 612 g/mol. The zero-order valence-corrected chi connectivity index (χ0v) is 23.8. The van der Waals surface area contributed by atoms with Crippen molar-refractivity contribution in [1.82, 2.24) is 20.3 Å². The van der Waals surface area contributed by atoms with Crippen molar-refractivity contribution in [3.05, 3.63) is 89.1 Å². The summed E-state index contributed by atoms with van der Waals surface area (Å²) in [6.07, 6.45) is -5.70. The van der Waals surface area contributed by atoms with Gasteiger partial charge in [-0.05, 0) is 54.8 Å². The maximum atomic E-state index is 13.3. The van der Waals surface area contributed by atoms with Gasteiger partial charge in [0.1, 0.15) is 18.1 Å². The van der Waals surface area contributed by atoms with E-state index in [1.807, 2.05) is 32.0 Å². The number of benzene rings is 2. The van der Waals surface area contributed by atoms with Crippen molar-refractivity contribution in [1.29, 1.82) is 0 Å². The highest BCUT2D eigenvalue weighted by Crippen LogP contribution is 2.33. The smallest absolute Gasteiger partial charge is 0.417 e. The fourth-order valence-corrected chi connectivity index (χ4v) is 6.34. The standard InChI is InChI=1S/C29H27F3N6O4S/c1-16-5-3-6-17(2)26(16)21-12-25-36-28(35-21)37-43(40,41)20-8-4-7-18(11-20)27(39)34-22-14-38(15-23(22)42-25)24-10-9-19(13-33-24)29(30,31)32/h3-13,22-23,27,34,39H,14-15H2,1-2H3,(H,35,36,37)/t22-,23-,27?/m1/s1. The van der Waals surface area contributed by atoms with Crippen molar-refractivity contribution in [2.45, 2.75) is 43.3 Å². The van der Waals surface area contributed by atoms with Gasteiger partial charge in [-0.1, -0.05) is 30.3 Å². The first-order valence-electron chi connectivity index (χ1n) is 13.3. The van der Waals surface area contributed by atoms with Crippen LogP contribution < -0.4 is 19.7 Å². The van der Waals surface area contributed by atoms with Crippen LogP contribution >= 0.6 is 0 Å². The highest BCUT2D eigenvalue weighted by molar-refractivity contribution is 7.92. The topological polar surface area (TPSA) is 130 Å². The molecule has 2 aliphatic heterocycles. The molecule has 10 nitrogen and oxygen atoms in total. The third kappa shape index (κ3) is 5.85. The maximum Gasteiger partial charge on any atom is 0.417 e. The Bertz CT molecular complexity index is 1770. The molecule has 2 aromatic carbocycles. The predicted molar refractivity (Wildman–Crippen MR) is 152 cm³/mol. The quantitative estimate of drug-likeness (QED) is 0.305. The molecule has 0 spiro atoms. The molecule has 1 fully saturated rings. The number of halogens is 3. The molecule has 3 N–H and O–H groups in total. The molecule has 2 aromatic heterocycles. The Morgan fingerprint density at radius 3 is 2.44 bits per heavy atom. The molecule has 1 unspecified atom stereocenters. The number of anilines is 2. The Balaban J connectivity index is 1.43. The lowest BCUT2D eigenvalue weighted by atomic mass is 10.00. The molecule has 14 heteroatoms. The van der Waals surface area contributed by atoms with E-state index in [9.17, 15) is 26.7 Å². The van der Waals surface area contributed by atoms with Crippen LogP contribution in [0.25, 0.3) is 11.3 Å². The van der Waals surface area contributed by atoms with Crippen molar-refractivity contribution < 1.29 is 31.4 Å².